The molecule has 1 nitrogen and oxygen atoms in total. The molecular weight excluding hydrogens is 95.7 g/mol. The lowest BCUT2D eigenvalue weighted by Crippen LogP contribution is -2.09. The van der Waals surface area contributed by atoms with Crippen LogP contribution in [0.1, 0.15) is 19.3 Å². The maximum Gasteiger partial charge on any atom is 0.177 e. The molecule has 0 aliphatic rings. The van der Waals surface area contributed by atoms with Gasteiger partial charge in [-0.15, -0.1) is 0 Å². The predicted octanol–water partition coefficient (Wildman–Crippen LogP) is 0.417. The van der Waals surface area contributed by atoms with Crippen LogP contribution < -0.4 is 5.23 Å². The monoisotopic (exact) mass is 107 g/mol. The second kappa shape index (κ2) is 7.09. The van der Waals surface area contributed by atoms with E-state index in [0.717, 1.165) is 25.7 Å². The van der Waals surface area contributed by atoms with Crippen LogP contribution in [0.15, 0.2) is 0 Å². The Morgan fingerprint density at radius 2 is 1.88 bits per heavy atom. The molecular formula is C5H11B2N. The lowest BCUT2D eigenvalue weighted by atomic mass is 9.99. The molecule has 4 radical (unpaired) electrons. The quantitative estimate of drug-likeness (QED) is 0.396. The van der Waals surface area contributed by atoms with E-state index in [1.807, 2.05) is 0 Å². The first-order valence-corrected chi connectivity index (χ1v) is 3.05. The van der Waals surface area contributed by atoms with Crippen molar-refractivity contribution in [2.45, 2.75) is 25.6 Å². The van der Waals surface area contributed by atoms with Crippen molar-refractivity contribution >= 4 is 15.8 Å². The third-order valence-corrected chi connectivity index (χ3v) is 1.03. The second-order valence-corrected chi connectivity index (χ2v) is 1.80. The highest BCUT2D eigenvalue weighted by Crippen LogP contribution is 1.95. The van der Waals surface area contributed by atoms with Gasteiger partial charge in [0.1, 0.15) is 0 Å². The van der Waals surface area contributed by atoms with Gasteiger partial charge in [0, 0.05) is 0 Å². The summed E-state index contributed by atoms with van der Waals surface area (Å²) in [4.78, 5) is 0. The summed E-state index contributed by atoms with van der Waals surface area (Å²) in [5, 5.41) is 2.59. The van der Waals surface area contributed by atoms with E-state index >= 15 is 0 Å². The van der Waals surface area contributed by atoms with Gasteiger partial charge in [-0.3, -0.25) is 0 Å². The summed E-state index contributed by atoms with van der Waals surface area (Å²) in [6.07, 6.45) is 4.22. The van der Waals surface area contributed by atoms with Crippen LogP contribution in [0.5, 0.6) is 0 Å². The largest absolute Gasteiger partial charge is 0.366 e. The second-order valence-electron chi connectivity index (χ2n) is 1.80. The zero-order valence-electron chi connectivity index (χ0n) is 5.19. The van der Waals surface area contributed by atoms with Crippen LogP contribution in [-0.4, -0.2) is 22.4 Å². The van der Waals surface area contributed by atoms with Crippen LogP contribution in [0.4, 0.5) is 0 Å². The summed E-state index contributed by atoms with van der Waals surface area (Å²) >= 11 is 0. The van der Waals surface area contributed by atoms with E-state index in [0.29, 0.717) is 0 Å². The molecule has 1 N–H and O–H groups in total. The fourth-order valence-electron chi connectivity index (χ4n) is 0.548. The van der Waals surface area contributed by atoms with Crippen molar-refractivity contribution in [1.29, 1.82) is 0 Å². The van der Waals surface area contributed by atoms with Gasteiger partial charge in [-0.2, -0.15) is 0 Å². The first-order valence-electron chi connectivity index (χ1n) is 3.05. The minimum Gasteiger partial charge on any atom is -0.366 e. The van der Waals surface area contributed by atoms with Crippen LogP contribution in [0.25, 0.3) is 0 Å². The Morgan fingerprint density at radius 1 is 1.12 bits per heavy atom. The molecule has 0 amide bonds. The highest BCUT2D eigenvalue weighted by molar-refractivity contribution is 6.08. The summed E-state index contributed by atoms with van der Waals surface area (Å²) in [7, 11) is 10.3. The van der Waals surface area contributed by atoms with Crippen molar-refractivity contribution in [3.05, 3.63) is 0 Å². The van der Waals surface area contributed by atoms with Crippen LogP contribution in [0.3, 0.4) is 0 Å². The van der Waals surface area contributed by atoms with E-state index in [9.17, 15) is 0 Å². The molecule has 0 saturated heterocycles. The molecule has 0 aromatic carbocycles. The Morgan fingerprint density at radius 3 is 2.38 bits per heavy atom. The topological polar surface area (TPSA) is 12.0 Å². The van der Waals surface area contributed by atoms with Gasteiger partial charge in [0.25, 0.3) is 0 Å². The minimum absolute atomic E-state index is 0.796. The Balaban J connectivity index is 2.53. The van der Waals surface area contributed by atoms with Crippen molar-refractivity contribution in [3.8, 4) is 0 Å². The van der Waals surface area contributed by atoms with Gasteiger partial charge in [0.05, 0.1) is 7.85 Å². The van der Waals surface area contributed by atoms with E-state index in [1.54, 1.807) is 0 Å². The van der Waals surface area contributed by atoms with Gasteiger partial charge in [-0.1, -0.05) is 19.2 Å². The molecule has 3 heteroatoms. The van der Waals surface area contributed by atoms with Crippen LogP contribution in [0.2, 0.25) is 6.32 Å². The minimum atomic E-state index is 0.796. The summed E-state index contributed by atoms with van der Waals surface area (Å²) in [5.41, 5.74) is 0. The van der Waals surface area contributed by atoms with Crippen molar-refractivity contribution in [2.24, 2.45) is 0 Å². The third kappa shape index (κ3) is 6.09. The predicted molar refractivity (Wildman–Crippen MR) is 38.2 cm³/mol. The number of unbranched alkanes of at least 4 members (excludes halogenated alkanes) is 2. The van der Waals surface area contributed by atoms with Crippen LogP contribution >= 0.6 is 0 Å². The highest BCUT2D eigenvalue weighted by Gasteiger charge is 1.82. The molecule has 0 aliphatic carbocycles. The fraction of sp³-hybridized carbons (Fsp3) is 1.00. The maximum absolute atomic E-state index is 5.26. The molecule has 0 aliphatic heterocycles. The molecule has 42 valence electrons. The van der Waals surface area contributed by atoms with E-state index < -0.39 is 0 Å². The lowest BCUT2D eigenvalue weighted by molar-refractivity contribution is 0.705. The van der Waals surface area contributed by atoms with Gasteiger partial charge in [-0.05, 0) is 13.0 Å². The zero-order chi connectivity index (χ0) is 6.24. The van der Waals surface area contributed by atoms with Crippen molar-refractivity contribution in [1.82, 2.24) is 5.23 Å². The Kier molecular flexibility index (Phi) is 7.17. The molecule has 0 spiro atoms. The SMILES string of the molecule is [B]CCCCCN[B]. The molecule has 0 fully saturated rings. The molecule has 0 unspecified atom stereocenters. The summed E-state index contributed by atoms with van der Waals surface area (Å²) in [6.45, 7) is 0.903. The molecule has 0 atom stereocenters. The number of hydrogen-bond donors (Lipinski definition) is 1. The molecule has 8 heavy (non-hydrogen) atoms. The third-order valence-electron chi connectivity index (χ3n) is 1.03. The normalized spacial score (nSPS) is 9.50. The number of hydrogen-bond acceptors (Lipinski definition) is 1. The van der Waals surface area contributed by atoms with E-state index in [-0.39, 0.29) is 0 Å². The Hall–Kier alpha value is 0.0899. The lowest BCUT2D eigenvalue weighted by Gasteiger charge is -1.95. The van der Waals surface area contributed by atoms with E-state index in [1.165, 1.54) is 6.42 Å². The molecule has 0 aromatic rings. The van der Waals surface area contributed by atoms with Gasteiger partial charge in [-0.25, -0.2) is 0 Å². The molecule has 0 heterocycles. The molecule has 0 bridgehead atoms. The maximum atomic E-state index is 5.26. The Bertz CT molecular complexity index is 35.4. The Labute approximate surface area is 54.1 Å². The van der Waals surface area contributed by atoms with Crippen LogP contribution in [-0.2, 0) is 0 Å². The highest BCUT2D eigenvalue weighted by atomic mass is 14.7. The summed E-state index contributed by atoms with van der Waals surface area (Å²) in [5.74, 6) is 0. The molecule has 0 aromatic heterocycles. The first-order chi connectivity index (χ1) is 3.91. The van der Waals surface area contributed by atoms with E-state index in [4.69, 9.17) is 15.8 Å². The summed E-state index contributed by atoms with van der Waals surface area (Å²) in [6, 6.07) is 0. The fourth-order valence-corrected chi connectivity index (χ4v) is 0.548. The van der Waals surface area contributed by atoms with Gasteiger partial charge in [0.15, 0.2) is 7.98 Å². The molecule has 0 rings (SSSR count). The van der Waals surface area contributed by atoms with Gasteiger partial charge in [0.2, 0.25) is 0 Å². The van der Waals surface area contributed by atoms with Crippen LogP contribution in [0, 0.1) is 0 Å². The summed E-state index contributed by atoms with van der Waals surface area (Å²) < 4.78 is 0. The zero-order valence-corrected chi connectivity index (χ0v) is 5.19. The van der Waals surface area contributed by atoms with Gasteiger partial charge >= 0.3 is 0 Å². The van der Waals surface area contributed by atoms with E-state index in [2.05, 4.69) is 5.23 Å². The average molecular weight is 107 g/mol. The number of rotatable bonds is 5. The first kappa shape index (κ1) is 8.09. The number of nitrogens with one attached hydrogen (secondary N) is 1. The van der Waals surface area contributed by atoms with Crippen molar-refractivity contribution in [3.63, 3.8) is 0 Å². The van der Waals surface area contributed by atoms with Crippen molar-refractivity contribution in [2.75, 3.05) is 6.54 Å². The standard InChI is InChI=1S/C5H11B2N/c6-4-2-1-3-5-8-7/h8H,1-5H2. The average Bonchev–Trinajstić information content (AvgIpc) is 1.81. The smallest absolute Gasteiger partial charge is 0.177 e. The van der Waals surface area contributed by atoms with Gasteiger partial charge < -0.3 is 5.23 Å². The molecule has 0 saturated carbocycles. The van der Waals surface area contributed by atoms with Crippen molar-refractivity contribution < 1.29 is 0 Å².